The van der Waals surface area contributed by atoms with Crippen molar-refractivity contribution in [3.63, 3.8) is 0 Å². The van der Waals surface area contributed by atoms with Gasteiger partial charge in [0.25, 0.3) is 0 Å². The van der Waals surface area contributed by atoms with Crippen LogP contribution in [-0.2, 0) is 0 Å². The van der Waals surface area contributed by atoms with Gasteiger partial charge in [0, 0.05) is 13.1 Å². The maximum absolute atomic E-state index is 9.46. The molecule has 102 valence electrons. The quantitative estimate of drug-likeness (QED) is 0.805. The van der Waals surface area contributed by atoms with Gasteiger partial charge < -0.3 is 10.0 Å². The lowest BCUT2D eigenvalue weighted by atomic mass is 10.0. The molecule has 3 nitrogen and oxygen atoms in total. The molecule has 3 heteroatoms. The lowest BCUT2D eigenvalue weighted by Gasteiger charge is -2.27. The third-order valence-electron chi connectivity index (χ3n) is 3.58. The third kappa shape index (κ3) is 3.98. The van der Waals surface area contributed by atoms with Gasteiger partial charge in [0.2, 0.25) is 0 Å². The van der Waals surface area contributed by atoms with Gasteiger partial charge in [-0.2, -0.15) is 0 Å². The van der Waals surface area contributed by atoms with E-state index < -0.39 is 6.10 Å². The molecule has 0 spiro atoms. The molecule has 0 fully saturated rings. The summed E-state index contributed by atoms with van der Waals surface area (Å²) in [5.74, 6) is 0.737. The SMILES string of the molecule is CCC(CC)CN(CC)c1ccc(C(C)O)nc1. The van der Waals surface area contributed by atoms with Gasteiger partial charge in [0.15, 0.2) is 0 Å². The molecule has 0 bridgehead atoms. The summed E-state index contributed by atoms with van der Waals surface area (Å²) in [6.07, 6.45) is 3.81. The summed E-state index contributed by atoms with van der Waals surface area (Å²) in [6, 6.07) is 3.97. The molecule has 0 aliphatic rings. The zero-order valence-corrected chi connectivity index (χ0v) is 12.1. The molecule has 1 aromatic rings. The van der Waals surface area contributed by atoms with E-state index in [0.717, 1.165) is 30.4 Å². The second-order valence-electron chi connectivity index (χ2n) is 4.84. The molecular formula is C15H26N2O. The highest BCUT2D eigenvalue weighted by atomic mass is 16.3. The highest BCUT2D eigenvalue weighted by Gasteiger charge is 2.11. The molecule has 18 heavy (non-hydrogen) atoms. The molecule has 0 saturated heterocycles. The average Bonchev–Trinajstić information content (AvgIpc) is 2.40. The van der Waals surface area contributed by atoms with Crippen molar-refractivity contribution < 1.29 is 5.11 Å². The lowest BCUT2D eigenvalue weighted by molar-refractivity contribution is 0.194. The van der Waals surface area contributed by atoms with Crippen molar-refractivity contribution in [2.75, 3.05) is 18.0 Å². The van der Waals surface area contributed by atoms with Crippen LogP contribution in [-0.4, -0.2) is 23.2 Å². The van der Waals surface area contributed by atoms with E-state index in [9.17, 15) is 5.11 Å². The van der Waals surface area contributed by atoms with E-state index >= 15 is 0 Å². The van der Waals surface area contributed by atoms with Gasteiger partial charge in [-0.15, -0.1) is 0 Å². The lowest BCUT2D eigenvalue weighted by Crippen LogP contribution is -2.29. The molecule has 1 rings (SSSR count). The minimum atomic E-state index is -0.492. The van der Waals surface area contributed by atoms with E-state index in [4.69, 9.17) is 0 Å². The van der Waals surface area contributed by atoms with E-state index in [-0.39, 0.29) is 0 Å². The minimum Gasteiger partial charge on any atom is -0.387 e. The fourth-order valence-electron chi connectivity index (χ4n) is 2.11. The van der Waals surface area contributed by atoms with Gasteiger partial charge in [-0.05, 0) is 31.9 Å². The van der Waals surface area contributed by atoms with Crippen molar-refractivity contribution in [2.45, 2.75) is 46.6 Å². The maximum atomic E-state index is 9.46. The second-order valence-corrected chi connectivity index (χ2v) is 4.84. The number of nitrogens with zero attached hydrogens (tertiary/aromatic N) is 2. The summed E-state index contributed by atoms with van der Waals surface area (Å²) in [6.45, 7) is 10.5. The molecule has 0 aromatic carbocycles. The Morgan fingerprint density at radius 2 is 1.89 bits per heavy atom. The van der Waals surface area contributed by atoms with Crippen molar-refractivity contribution in [3.8, 4) is 0 Å². The summed E-state index contributed by atoms with van der Waals surface area (Å²) in [4.78, 5) is 6.67. The number of aliphatic hydroxyl groups is 1. The van der Waals surface area contributed by atoms with E-state index in [1.54, 1.807) is 6.92 Å². The van der Waals surface area contributed by atoms with E-state index in [1.807, 2.05) is 12.3 Å². The number of rotatable bonds is 7. The molecule has 0 aliphatic heterocycles. The normalized spacial score (nSPS) is 12.8. The van der Waals surface area contributed by atoms with Crippen molar-refractivity contribution >= 4 is 5.69 Å². The van der Waals surface area contributed by atoms with Gasteiger partial charge in [-0.3, -0.25) is 4.98 Å². The van der Waals surface area contributed by atoms with Gasteiger partial charge in [0.05, 0.1) is 23.7 Å². The van der Waals surface area contributed by atoms with E-state index in [2.05, 4.69) is 36.7 Å². The molecule has 0 amide bonds. The number of pyridine rings is 1. The van der Waals surface area contributed by atoms with Crippen LogP contribution in [0.25, 0.3) is 0 Å². The molecule has 1 aromatic heterocycles. The predicted molar refractivity (Wildman–Crippen MR) is 76.8 cm³/mol. The number of aliphatic hydroxyl groups excluding tert-OH is 1. The van der Waals surface area contributed by atoms with Crippen LogP contribution in [0.5, 0.6) is 0 Å². The summed E-state index contributed by atoms with van der Waals surface area (Å²) < 4.78 is 0. The standard InChI is InChI=1S/C15H26N2O/c1-5-13(6-2)11-17(7-3)14-8-9-15(12(4)18)16-10-14/h8-10,12-13,18H,5-7,11H2,1-4H3. The van der Waals surface area contributed by atoms with Crippen LogP contribution in [0.15, 0.2) is 18.3 Å². The smallest absolute Gasteiger partial charge is 0.0931 e. The molecule has 0 radical (unpaired) electrons. The Labute approximate surface area is 111 Å². The van der Waals surface area contributed by atoms with Crippen LogP contribution in [0.1, 0.15) is 52.3 Å². The summed E-state index contributed by atoms with van der Waals surface area (Å²) in [5.41, 5.74) is 1.88. The molecule has 0 saturated carbocycles. The first-order chi connectivity index (χ1) is 8.62. The van der Waals surface area contributed by atoms with Gasteiger partial charge in [-0.1, -0.05) is 26.7 Å². The van der Waals surface area contributed by atoms with E-state index in [1.165, 1.54) is 12.8 Å². The first-order valence-electron chi connectivity index (χ1n) is 7.01. The topological polar surface area (TPSA) is 36.4 Å². The highest BCUT2D eigenvalue weighted by Crippen LogP contribution is 2.19. The molecule has 0 aliphatic carbocycles. The zero-order chi connectivity index (χ0) is 13.5. The van der Waals surface area contributed by atoms with Crippen LogP contribution in [0.3, 0.4) is 0 Å². The maximum Gasteiger partial charge on any atom is 0.0931 e. The van der Waals surface area contributed by atoms with Crippen molar-refractivity contribution in [3.05, 3.63) is 24.0 Å². The Bertz CT molecular complexity index is 331. The fraction of sp³-hybridized carbons (Fsp3) is 0.667. The molecule has 1 atom stereocenters. The fourth-order valence-corrected chi connectivity index (χ4v) is 2.11. The van der Waals surface area contributed by atoms with E-state index in [0.29, 0.717) is 0 Å². The van der Waals surface area contributed by atoms with Gasteiger partial charge in [0.1, 0.15) is 0 Å². The van der Waals surface area contributed by atoms with Crippen LogP contribution in [0.2, 0.25) is 0 Å². The highest BCUT2D eigenvalue weighted by molar-refractivity contribution is 5.44. The summed E-state index contributed by atoms with van der Waals surface area (Å²) >= 11 is 0. The van der Waals surface area contributed by atoms with Gasteiger partial charge >= 0.3 is 0 Å². The van der Waals surface area contributed by atoms with Crippen molar-refractivity contribution in [1.82, 2.24) is 4.98 Å². The minimum absolute atomic E-state index is 0.492. The van der Waals surface area contributed by atoms with Crippen LogP contribution in [0, 0.1) is 5.92 Å². The first kappa shape index (κ1) is 15.0. The number of hydrogen-bond acceptors (Lipinski definition) is 3. The third-order valence-corrected chi connectivity index (χ3v) is 3.58. The second kappa shape index (κ2) is 7.37. The van der Waals surface area contributed by atoms with Crippen LogP contribution < -0.4 is 4.90 Å². The largest absolute Gasteiger partial charge is 0.387 e. The monoisotopic (exact) mass is 250 g/mol. The predicted octanol–water partition coefficient (Wildman–Crippen LogP) is 3.40. The average molecular weight is 250 g/mol. The Morgan fingerprint density at radius 3 is 2.28 bits per heavy atom. The Kier molecular flexibility index (Phi) is 6.13. The zero-order valence-electron chi connectivity index (χ0n) is 12.1. The van der Waals surface area contributed by atoms with Crippen molar-refractivity contribution in [2.24, 2.45) is 5.92 Å². The van der Waals surface area contributed by atoms with Crippen LogP contribution in [0.4, 0.5) is 5.69 Å². The Morgan fingerprint density at radius 1 is 1.22 bits per heavy atom. The summed E-state index contributed by atoms with van der Waals surface area (Å²) in [7, 11) is 0. The summed E-state index contributed by atoms with van der Waals surface area (Å²) in [5, 5.41) is 9.46. The Balaban J connectivity index is 2.75. The molecule has 1 unspecified atom stereocenters. The Hall–Kier alpha value is -1.09. The molecule has 1 heterocycles. The number of anilines is 1. The van der Waals surface area contributed by atoms with Crippen molar-refractivity contribution in [1.29, 1.82) is 0 Å². The number of hydrogen-bond donors (Lipinski definition) is 1. The molecular weight excluding hydrogens is 224 g/mol. The first-order valence-corrected chi connectivity index (χ1v) is 7.01. The van der Waals surface area contributed by atoms with Gasteiger partial charge in [-0.25, -0.2) is 0 Å². The molecule has 1 N–H and O–H groups in total. The number of aromatic nitrogens is 1. The van der Waals surface area contributed by atoms with Crippen LogP contribution >= 0.6 is 0 Å².